The van der Waals surface area contributed by atoms with Crippen LogP contribution in [0.4, 0.5) is 0 Å². The molecule has 3 nitrogen and oxygen atoms in total. The van der Waals surface area contributed by atoms with Crippen molar-refractivity contribution in [3.63, 3.8) is 0 Å². The lowest BCUT2D eigenvalue weighted by molar-refractivity contribution is -0.121. The summed E-state index contributed by atoms with van der Waals surface area (Å²) in [6, 6.07) is 0.400. The first kappa shape index (κ1) is 13.2. The van der Waals surface area contributed by atoms with Crippen molar-refractivity contribution < 1.29 is 4.79 Å². The Hall–Kier alpha value is -0.830. The summed E-state index contributed by atoms with van der Waals surface area (Å²) >= 11 is 0. The average Bonchev–Trinajstić information content (AvgIpc) is 2.29. The molecule has 1 saturated carbocycles. The summed E-state index contributed by atoms with van der Waals surface area (Å²) in [7, 11) is 0. The van der Waals surface area contributed by atoms with Crippen LogP contribution >= 0.6 is 0 Å². The van der Waals surface area contributed by atoms with Crippen LogP contribution in [-0.4, -0.2) is 25.0 Å². The Morgan fingerprint density at radius 1 is 1.50 bits per heavy atom. The zero-order valence-corrected chi connectivity index (χ0v) is 10.3. The van der Waals surface area contributed by atoms with Gasteiger partial charge in [0.25, 0.3) is 0 Å². The number of nitrogens with one attached hydrogen (secondary N) is 2. The lowest BCUT2D eigenvalue weighted by Gasteiger charge is -2.29. The fourth-order valence-electron chi connectivity index (χ4n) is 2.36. The predicted molar refractivity (Wildman–Crippen MR) is 67.2 cm³/mol. The molecular weight excluding hydrogens is 200 g/mol. The number of rotatable bonds is 6. The first-order chi connectivity index (χ1) is 7.76. The smallest absolute Gasteiger partial charge is 0.234 e. The molecule has 0 aliphatic heterocycles. The van der Waals surface area contributed by atoms with E-state index >= 15 is 0 Å². The second-order valence-corrected chi connectivity index (χ2v) is 4.62. The van der Waals surface area contributed by atoms with Crippen molar-refractivity contribution in [1.29, 1.82) is 0 Å². The van der Waals surface area contributed by atoms with Crippen LogP contribution in [0.25, 0.3) is 0 Å². The maximum atomic E-state index is 11.6. The Morgan fingerprint density at radius 2 is 2.31 bits per heavy atom. The summed E-state index contributed by atoms with van der Waals surface area (Å²) in [5, 5.41) is 6.13. The minimum Gasteiger partial charge on any atom is -0.352 e. The minimum atomic E-state index is 0.114. The van der Waals surface area contributed by atoms with E-state index in [0.29, 0.717) is 19.1 Å². The third kappa shape index (κ3) is 4.79. The SMILES string of the molecule is C=CCNCC(=O)NC1CCCC(CC)C1. The second kappa shape index (κ2) is 7.44. The fraction of sp³-hybridized carbons (Fsp3) is 0.769. The van der Waals surface area contributed by atoms with E-state index in [4.69, 9.17) is 0 Å². The van der Waals surface area contributed by atoms with Gasteiger partial charge in [-0.1, -0.05) is 32.3 Å². The summed E-state index contributed by atoms with van der Waals surface area (Å²) in [6.07, 6.45) is 7.89. The van der Waals surface area contributed by atoms with Crippen molar-refractivity contribution in [2.45, 2.75) is 45.1 Å². The molecule has 2 N–H and O–H groups in total. The lowest BCUT2D eigenvalue weighted by Crippen LogP contribution is -2.42. The molecule has 0 saturated heterocycles. The van der Waals surface area contributed by atoms with Crippen molar-refractivity contribution in [2.24, 2.45) is 5.92 Å². The van der Waals surface area contributed by atoms with Gasteiger partial charge in [-0.15, -0.1) is 6.58 Å². The van der Waals surface area contributed by atoms with Crippen molar-refractivity contribution >= 4 is 5.91 Å². The van der Waals surface area contributed by atoms with E-state index in [0.717, 1.165) is 18.8 Å². The van der Waals surface area contributed by atoms with Gasteiger partial charge in [0.1, 0.15) is 0 Å². The van der Waals surface area contributed by atoms with Crippen LogP contribution in [0.3, 0.4) is 0 Å². The molecule has 2 atom stereocenters. The maximum absolute atomic E-state index is 11.6. The van der Waals surface area contributed by atoms with Gasteiger partial charge in [0, 0.05) is 12.6 Å². The van der Waals surface area contributed by atoms with Crippen LogP contribution in [0.15, 0.2) is 12.7 Å². The van der Waals surface area contributed by atoms with Gasteiger partial charge in [-0.3, -0.25) is 4.79 Å². The molecule has 1 rings (SSSR count). The summed E-state index contributed by atoms with van der Waals surface area (Å²) in [6.45, 7) is 6.93. The zero-order chi connectivity index (χ0) is 11.8. The van der Waals surface area contributed by atoms with Gasteiger partial charge in [0.2, 0.25) is 5.91 Å². The van der Waals surface area contributed by atoms with E-state index in [1.807, 2.05) is 0 Å². The standard InChI is InChI=1S/C13H24N2O/c1-3-8-14-10-13(16)15-12-7-5-6-11(4-2)9-12/h3,11-12,14H,1,4-10H2,2H3,(H,15,16). The normalized spacial score (nSPS) is 25.1. The van der Waals surface area contributed by atoms with Crippen molar-refractivity contribution in [3.8, 4) is 0 Å². The molecule has 3 heteroatoms. The Bertz CT molecular complexity index is 228. The Balaban J connectivity index is 2.19. The summed E-state index contributed by atoms with van der Waals surface area (Å²) in [5.41, 5.74) is 0. The van der Waals surface area contributed by atoms with Crippen LogP contribution in [-0.2, 0) is 4.79 Å². The van der Waals surface area contributed by atoms with Crippen LogP contribution < -0.4 is 10.6 Å². The van der Waals surface area contributed by atoms with E-state index in [1.54, 1.807) is 6.08 Å². The van der Waals surface area contributed by atoms with Gasteiger partial charge in [0.15, 0.2) is 0 Å². The molecule has 1 fully saturated rings. The van der Waals surface area contributed by atoms with Gasteiger partial charge in [-0.2, -0.15) is 0 Å². The molecule has 16 heavy (non-hydrogen) atoms. The number of amides is 1. The van der Waals surface area contributed by atoms with Crippen LogP contribution in [0.5, 0.6) is 0 Å². The molecule has 0 heterocycles. The topological polar surface area (TPSA) is 41.1 Å². The van der Waals surface area contributed by atoms with E-state index in [2.05, 4.69) is 24.1 Å². The van der Waals surface area contributed by atoms with Gasteiger partial charge >= 0.3 is 0 Å². The zero-order valence-electron chi connectivity index (χ0n) is 10.3. The molecule has 0 spiro atoms. The van der Waals surface area contributed by atoms with Crippen LogP contribution in [0.2, 0.25) is 0 Å². The second-order valence-electron chi connectivity index (χ2n) is 4.62. The summed E-state index contributed by atoms with van der Waals surface area (Å²) < 4.78 is 0. The number of hydrogen-bond acceptors (Lipinski definition) is 2. The number of carbonyl (C=O) groups is 1. The molecule has 1 aliphatic rings. The summed E-state index contributed by atoms with van der Waals surface area (Å²) in [5.74, 6) is 0.920. The maximum Gasteiger partial charge on any atom is 0.234 e. The molecule has 2 unspecified atom stereocenters. The molecule has 1 amide bonds. The molecule has 0 aromatic heterocycles. The molecule has 92 valence electrons. The largest absolute Gasteiger partial charge is 0.352 e. The quantitative estimate of drug-likeness (QED) is 0.534. The van der Waals surface area contributed by atoms with E-state index < -0.39 is 0 Å². The Morgan fingerprint density at radius 3 is 3.00 bits per heavy atom. The minimum absolute atomic E-state index is 0.114. The van der Waals surface area contributed by atoms with Crippen LogP contribution in [0.1, 0.15) is 39.0 Å². The Kier molecular flexibility index (Phi) is 6.16. The molecular formula is C13H24N2O. The van der Waals surface area contributed by atoms with E-state index in [-0.39, 0.29) is 5.91 Å². The van der Waals surface area contributed by atoms with Crippen molar-refractivity contribution in [3.05, 3.63) is 12.7 Å². The molecule has 0 aromatic rings. The molecule has 1 aliphatic carbocycles. The highest BCUT2D eigenvalue weighted by molar-refractivity contribution is 5.78. The fourth-order valence-corrected chi connectivity index (χ4v) is 2.36. The predicted octanol–water partition coefficient (Wildman–Crippen LogP) is 1.85. The molecule has 0 radical (unpaired) electrons. The first-order valence-electron chi connectivity index (χ1n) is 6.37. The third-order valence-corrected chi connectivity index (χ3v) is 3.30. The van der Waals surface area contributed by atoms with Gasteiger partial charge < -0.3 is 10.6 Å². The number of hydrogen-bond donors (Lipinski definition) is 2. The van der Waals surface area contributed by atoms with E-state index in [9.17, 15) is 4.79 Å². The molecule has 0 aromatic carbocycles. The number of carbonyl (C=O) groups excluding carboxylic acids is 1. The average molecular weight is 224 g/mol. The highest BCUT2D eigenvalue weighted by Gasteiger charge is 2.21. The van der Waals surface area contributed by atoms with Gasteiger partial charge in [-0.25, -0.2) is 0 Å². The monoisotopic (exact) mass is 224 g/mol. The lowest BCUT2D eigenvalue weighted by atomic mass is 9.84. The van der Waals surface area contributed by atoms with Gasteiger partial charge in [-0.05, 0) is 18.8 Å². The summed E-state index contributed by atoms with van der Waals surface area (Å²) in [4.78, 5) is 11.6. The first-order valence-corrected chi connectivity index (χ1v) is 6.37. The third-order valence-electron chi connectivity index (χ3n) is 3.30. The molecule has 0 bridgehead atoms. The van der Waals surface area contributed by atoms with Gasteiger partial charge in [0.05, 0.1) is 6.54 Å². The van der Waals surface area contributed by atoms with Crippen molar-refractivity contribution in [1.82, 2.24) is 10.6 Å². The van der Waals surface area contributed by atoms with Crippen LogP contribution in [0, 0.1) is 5.92 Å². The highest BCUT2D eigenvalue weighted by atomic mass is 16.1. The highest BCUT2D eigenvalue weighted by Crippen LogP contribution is 2.26. The van der Waals surface area contributed by atoms with E-state index in [1.165, 1.54) is 19.3 Å². The Labute approximate surface area is 98.7 Å². The van der Waals surface area contributed by atoms with Crippen molar-refractivity contribution in [2.75, 3.05) is 13.1 Å².